The Morgan fingerprint density at radius 3 is 2.30 bits per heavy atom. The van der Waals surface area contributed by atoms with Crippen molar-refractivity contribution in [1.82, 2.24) is 0 Å². The second-order valence-electron chi connectivity index (χ2n) is 8.82. The van der Waals surface area contributed by atoms with E-state index < -0.39 is 6.10 Å². The van der Waals surface area contributed by atoms with E-state index in [0.29, 0.717) is 22.2 Å². The summed E-state index contributed by atoms with van der Waals surface area (Å²) in [7, 11) is 6.11. The van der Waals surface area contributed by atoms with Crippen LogP contribution in [0.5, 0.6) is 5.75 Å². The molecule has 1 atom stereocenters. The zero-order valence-electron chi connectivity index (χ0n) is 18.7. The topological polar surface area (TPSA) is 46.5 Å². The van der Waals surface area contributed by atoms with E-state index in [1.165, 1.54) is 11.1 Å². The molecule has 0 bridgehead atoms. The van der Waals surface area contributed by atoms with Crippen LogP contribution in [0.2, 0.25) is 0 Å². The molecule has 2 aromatic carbocycles. The molecule has 0 aliphatic rings. The van der Waals surface area contributed by atoms with Gasteiger partial charge in [-0.2, -0.15) is 0 Å². The van der Waals surface area contributed by atoms with E-state index in [9.17, 15) is 9.90 Å². The third kappa shape index (κ3) is 5.41. The Morgan fingerprint density at radius 1 is 1.03 bits per heavy atom. The minimum absolute atomic E-state index is 0. The number of likely N-dealkylation sites (N-methyl/N-ethyl adjacent to an activating group) is 1. The van der Waals surface area contributed by atoms with Crippen molar-refractivity contribution in [2.75, 3.05) is 34.3 Å². The molecule has 0 saturated heterocycles. The van der Waals surface area contributed by atoms with Crippen molar-refractivity contribution in [3.8, 4) is 5.75 Å². The fourth-order valence-corrected chi connectivity index (χ4v) is 5.05. The van der Waals surface area contributed by atoms with Crippen LogP contribution in [0.25, 0.3) is 20.2 Å². The van der Waals surface area contributed by atoms with Crippen molar-refractivity contribution < 1.29 is 31.3 Å². The van der Waals surface area contributed by atoms with Gasteiger partial charge in [0, 0.05) is 20.2 Å². The van der Waals surface area contributed by atoms with Gasteiger partial charge in [0.15, 0.2) is 5.43 Å². The van der Waals surface area contributed by atoms with Gasteiger partial charge in [-0.3, -0.25) is 4.79 Å². The summed E-state index contributed by atoms with van der Waals surface area (Å²) in [5, 5.41) is 11.7. The average Bonchev–Trinajstić information content (AvgIpc) is 2.65. The van der Waals surface area contributed by atoms with Gasteiger partial charge in [0.25, 0.3) is 0 Å². The molecule has 1 aromatic heterocycles. The van der Waals surface area contributed by atoms with Gasteiger partial charge in [-0.05, 0) is 54.7 Å². The lowest BCUT2D eigenvalue weighted by atomic mass is 10.0. The summed E-state index contributed by atoms with van der Waals surface area (Å²) < 4.78 is 8.64. The lowest BCUT2D eigenvalue weighted by Gasteiger charge is -2.26. The largest absolute Gasteiger partial charge is 1.00 e. The highest BCUT2D eigenvalue weighted by molar-refractivity contribution is 7.24. The van der Waals surface area contributed by atoms with Crippen LogP contribution in [0, 0.1) is 6.92 Å². The molecule has 4 nitrogen and oxygen atoms in total. The number of halogens is 1. The quantitative estimate of drug-likeness (QED) is 0.398. The van der Waals surface area contributed by atoms with E-state index in [1.54, 1.807) is 11.3 Å². The Bertz CT molecular complexity index is 1100. The van der Waals surface area contributed by atoms with Gasteiger partial charge >= 0.3 is 0 Å². The van der Waals surface area contributed by atoms with E-state index in [-0.39, 0.29) is 29.0 Å². The van der Waals surface area contributed by atoms with Crippen LogP contribution in [-0.4, -0.2) is 50.0 Å². The molecule has 0 aliphatic carbocycles. The van der Waals surface area contributed by atoms with Crippen molar-refractivity contribution >= 4 is 31.5 Å². The van der Waals surface area contributed by atoms with Crippen molar-refractivity contribution in [2.45, 2.75) is 39.7 Å². The monoisotopic (exact) mass is 493 g/mol. The van der Waals surface area contributed by atoms with Crippen molar-refractivity contribution in [2.24, 2.45) is 0 Å². The molecule has 3 aromatic rings. The fraction of sp³-hybridized carbons (Fsp3) is 0.458. The molecule has 0 aliphatic heterocycles. The number of aliphatic hydroxyl groups is 1. The number of aliphatic hydroxyl groups excluding tert-OH is 1. The molecule has 0 saturated carbocycles. The maximum Gasteiger partial charge on any atom is 0.196 e. The number of rotatable bonds is 7. The smallest absolute Gasteiger partial charge is 0.196 e. The summed E-state index contributed by atoms with van der Waals surface area (Å²) in [4.78, 5) is 13.4. The van der Waals surface area contributed by atoms with Crippen LogP contribution < -0.4 is 27.1 Å². The molecule has 1 heterocycles. The maximum atomic E-state index is 13.4. The minimum atomic E-state index is -0.559. The number of quaternary nitrogens is 1. The first-order valence-corrected chi connectivity index (χ1v) is 11.1. The van der Waals surface area contributed by atoms with Crippen LogP contribution in [0.4, 0.5) is 0 Å². The predicted octanol–water partition coefficient (Wildman–Crippen LogP) is 1.30. The molecule has 1 unspecified atom stereocenters. The molecule has 0 fully saturated rings. The normalized spacial score (nSPS) is 12.8. The summed E-state index contributed by atoms with van der Waals surface area (Å²) >= 11 is 1.70. The summed E-state index contributed by atoms with van der Waals surface area (Å²) in [6, 6.07) is 8.07. The lowest BCUT2D eigenvalue weighted by Crippen LogP contribution is -3.00. The van der Waals surface area contributed by atoms with Crippen molar-refractivity contribution in [1.29, 1.82) is 0 Å². The Labute approximate surface area is 193 Å². The van der Waals surface area contributed by atoms with E-state index in [2.05, 4.69) is 19.9 Å². The molecule has 0 radical (unpaired) electrons. The van der Waals surface area contributed by atoms with Crippen LogP contribution in [0.3, 0.4) is 0 Å². The van der Waals surface area contributed by atoms with Crippen LogP contribution >= 0.6 is 11.3 Å². The first-order chi connectivity index (χ1) is 13.6. The van der Waals surface area contributed by atoms with Gasteiger partial charge < -0.3 is 31.3 Å². The molecular weight excluding hydrogens is 462 g/mol. The number of ether oxygens (including phenoxy) is 1. The third-order valence-electron chi connectivity index (χ3n) is 5.16. The van der Waals surface area contributed by atoms with Crippen molar-refractivity contribution in [3.05, 3.63) is 51.2 Å². The van der Waals surface area contributed by atoms with Crippen LogP contribution in [0.1, 0.15) is 30.5 Å². The molecule has 1 N–H and O–H groups in total. The van der Waals surface area contributed by atoms with Crippen LogP contribution in [-0.2, 0) is 12.8 Å². The molecular formula is C24H32BrNO3S. The van der Waals surface area contributed by atoms with E-state index in [0.717, 1.165) is 33.2 Å². The summed E-state index contributed by atoms with van der Waals surface area (Å²) in [5.41, 5.74) is 3.54. The highest BCUT2D eigenvalue weighted by atomic mass is 79.9. The summed E-state index contributed by atoms with van der Waals surface area (Å²) in [6.45, 7) is 7.09. The number of benzene rings is 2. The van der Waals surface area contributed by atoms with E-state index in [1.807, 2.05) is 46.3 Å². The number of aryl methyl sites for hydroxylation is 3. The lowest BCUT2D eigenvalue weighted by molar-refractivity contribution is -0.873. The van der Waals surface area contributed by atoms with Gasteiger partial charge in [0.05, 0.1) is 21.1 Å². The Kier molecular flexibility index (Phi) is 8.08. The fourth-order valence-electron chi connectivity index (χ4n) is 3.76. The Morgan fingerprint density at radius 2 is 1.70 bits per heavy atom. The molecule has 3 rings (SSSR count). The number of fused-ring (bicyclic) bond motifs is 2. The second-order valence-corrected chi connectivity index (χ2v) is 9.85. The molecule has 30 heavy (non-hydrogen) atoms. The maximum absolute atomic E-state index is 13.4. The Hall–Kier alpha value is -1.47. The SMILES string of the molecule is CCc1cc(CC)c2sc3c(C)cc(OCC(O)C[N+](C)(C)C)cc3c(=O)c2c1.[Br-]. The minimum Gasteiger partial charge on any atom is -1.00 e. The number of hydrogen-bond donors (Lipinski definition) is 1. The zero-order valence-corrected chi connectivity index (χ0v) is 21.1. The second kappa shape index (κ2) is 9.77. The van der Waals surface area contributed by atoms with E-state index >= 15 is 0 Å². The van der Waals surface area contributed by atoms with E-state index in [4.69, 9.17) is 4.74 Å². The molecule has 0 amide bonds. The Balaban J connectivity index is 0.00000320. The highest BCUT2D eigenvalue weighted by Crippen LogP contribution is 2.33. The first-order valence-electron chi connectivity index (χ1n) is 10.3. The predicted molar refractivity (Wildman–Crippen MR) is 123 cm³/mol. The molecule has 6 heteroatoms. The highest BCUT2D eigenvalue weighted by Gasteiger charge is 2.17. The van der Waals surface area contributed by atoms with Gasteiger partial charge in [0.2, 0.25) is 0 Å². The van der Waals surface area contributed by atoms with Gasteiger partial charge in [0.1, 0.15) is 25.0 Å². The molecule has 0 spiro atoms. The standard InChI is InChI=1S/C24H32NO3S.BrH/c1-7-16-10-17(8-2)24-20(11-16)22(27)21-12-19(9-15(3)23(21)29-24)28-14-18(26)13-25(4,5)6;/h9-12,18,26H,7-8,13-14H2,1-6H3;1H/q+1;/p-1. The van der Waals surface area contributed by atoms with Gasteiger partial charge in [-0.1, -0.05) is 19.9 Å². The van der Waals surface area contributed by atoms with Crippen molar-refractivity contribution in [3.63, 3.8) is 0 Å². The average molecular weight is 494 g/mol. The first kappa shape index (κ1) is 24.8. The summed E-state index contributed by atoms with van der Waals surface area (Å²) in [6.07, 6.45) is 1.27. The van der Waals surface area contributed by atoms with Gasteiger partial charge in [-0.25, -0.2) is 0 Å². The van der Waals surface area contributed by atoms with Gasteiger partial charge in [-0.15, -0.1) is 11.3 Å². The molecule has 164 valence electrons. The third-order valence-corrected chi connectivity index (χ3v) is 6.59. The summed E-state index contributed by atoms with van der Waals surface area (Å²) in [5.74, 6) is 0.640. The van der Waals surface area contributed by atoms with Crippen LogP contribution in [0.15, 0.2) is 29.1 Å². The number of nitrogens with zero attached hydrogens (tertiary/aromatic N) is 1. The zero-order chi connectivity index (χ0) is 21.3. The number of hydrogen-bond acceptors (Lipinski definition) is 4.